The number of aromatic amines is 1. The molecule has 0 bridgehead atoms. The summed E-state index contributed by atoms with van der Waals surface area (Å²) in [7, 11) is 0. The van der Waals surface area contributed by atoms with Gasteiger partial charge in [-0.25, -0.2) is 14.8 Å². The van der Waals surface area contributed by atoms with E-state index in [4.69, 9.17) is 4.74 Å². The zero-order valence-corrected chi connectivity index (χ0v) is 8.56. The molecule has 2 heterocycles. The molecule has 2 rings (SSSR count). The van der Waals surface area contributed by atoms with Gasteiger partial charge in [-0.3, -0.25) is 4.79 Å². The Labute approximate surface area is 90.3 Å². The molecule has 0 aliphatic rings. The molecule has 0 saturated heterocycles. The zero-order valence-electron chi connectivity index (χ0n) is 8.56. The fourth-order valence-corrected chi connectivity index (χ4v) is 1.31. The lowest BCUT2D eigenvalue weighted by atomic mass is 10.2. The predicted octanol–water partition coefficient (Wildman–Crippen LogP) is 0.495. The van der Waals surface area contributed by atoms with E-state index >= 15 is 0 Å². The summed E-state index contributed by atoms with van der Waals surface area (Å²) >= 11 is 0. The second kappa shape index (κ2) is 4.09. The van der Waals surface area contributed by atoms with E-state index in [9.17, 15) is 9.59 Å². The maximum atomic E-state index is 11.5. The van der Waals surface area contributed by atoms with E-state index in [0.717, 1.165) is 0 Å². The van der Waals surface area contributed by atoms with Crippen LogP contribution in [0.2, 0.25) is 0 Å². The first-order chi connectivity index (χ1) is 7.72. The maximum absolute atomic E-state index is 11.5. The highest BCUT2D eigenvalue weighted by Gasteiger charge is 2.12. The second-order valence-electron chi connectivity index (χ2n) is 3.06. The minimum atomic E-state index is -0.644. The number of nitrogens with zero attached hydrogens (tertiary/aromatic N) is 2. The normalized spacial score (nSPS) is 10.3. The van der Waals surface area contributed by atoms with Crippen LogP contribution in [0.3, 0.4) is 0 Å². The molecule has 6 nitrogen and oxygen atoms in total. The number of carbonyl (C=O) groups is 1. The summed E-state index contributed by atoms with van der Waals surface area (Å²) in [6, 6.07) is 1.42. The van der Waals surface area contributed by atoms with Crippen LogP contribution in [0.5, 0.6) is 0 Å². The molecule has 2 aromatic heterocycles. The van der Waals surface area contributed by atoms with Crippen LogP contribution in [-0.2, 0) is 4.74 Å². The van der Waals surface area contributed by atoms with Crippen LogP contribution >= 0.6 is 0 Å². The summed E-state index contributed by atoms with van der Waals surface area (Å²) < 4.78 is 4.76. The molecule has 0 spiro atoms. The van der Waals surface area contributed by atoms with E-state index in [1.54, 1.807) is 6.92 Å². The summed E-state index contributed by atoms with van der Waals surface area (Å²) in [5.74, 6) is -0.644. The van der Waals surface area contributed by atoms with E-state index < -0.39 is 11.5 Å². The lowest BCUT2D eigenvalue weighted by Gasteiger charge is -2.01. The van der Waals surface area contributed by atoms with Crippen LogP contribution in [-0.4, -0.2) is 27.5 Å². The molecular weight excluding hydrogens is 210 g/mol. The van der Waals surface area contributed by atoms with E-state index in [1.807, 2.05) is 0 Å². The quantitative estimate of drug-likeness (QED) is 0.743. The fraction of sp³-hybridized carbons (Fsp3) is 0.200. The van der Waals surface area contributed by atoms with Gasteiger partial charge in [0.25, 0.3) is 5.56 Å². The minimum Gasteiger partial charge on any atom is -0.462 e. The van der Waals surface area contributed by atoms with Crippen LogP contribution in [0.1, 0.15) is 17.3 Å². The highest BCUT2D eigenvalue weighted by molar-refractivity contribution is 5.92. The largest absolute Gasteiger partial charge is 0.462 e. The Balaban J connectivity index is 2.58. The van der Waals surface area contributed by atoms with Crippen molar-refractivity contribution in [2.45, 2.75) is 6.92 Å². The van der Waals surface area contributed by atoms with Crippen molar-refractivity contribution in [2.75, 3.05) is 6.61 Å². The van der Waals surface area contributed by atoms with Crippen LogP contribution in [0, 0.1) is 0 Å². The average Bonchev–Trinajstić information content (AvgIpc) is 2.28. The molecule has 1 N–H and O–H groups in total. The zero-order chi connectivity index (χ0) is 11.5. The van der Waals surface area contributed by atoms with Gasteiger partial charge in [0.1, 0.15) is 17.5 Å². The molecule has 0 radical (unpaired) electrons. The molecule has 16 heavy (non-hydrogen) atoms. The predicted molar refractivity (Wildman–Crippen MR) is 56.1 cm³/mol. The Bertz CT molecular complexity index is 591. The number of fused-ring (bicyclic) bond motifs is 1. The van der Waals surface area contributed by atoms with Crippen LogP contribution in [0.25, 0.3) is 11.0 Å². The maximum Gasteiger partial charge on any atom is 0.343 e. The monoisotopic (exact) mass is 219 g/mol. The number of hydrogen-bond donors (Lipinski definition) is 1. The van der Waals surface area contributed by atoms with Gasteiger partial charge in [0, 0.05) is 11.6 Å². The first-order valence-corrected chi connectivity index (χ1v) is 4.72. The van der Waals surface area contributed by atoms with Gasteiger partial charge in [-0.05, 0) is 13.0 Å². The van der Waals surface area contributed by atoms with Gasteiger partial charge in [0.15, 0.2) is 0 Å². The molecule has 6 heteroatoms. The molecule has 0 unspecified atom stereocenters. The Morgan fingerprint density at radius 2 is 2.38 bits per heavy atom. The second-order valence-corrected chi connectivity index (χ2v) is 3.06. The Morgan fingerprint density at radius 1 is 1.56 bits per heavy atom. The van der Waals surface area contributed by atoms with E-state index in [2.05, 4.69) is 15.0 Å². The third-order valence-electron chi connectivity index (χ3n) is 2.01. The topological polar surface area (TPSA) is 84.9 Å². The van der Waals surface area contributed by atoms with Crippen molar-refractivity contribution in [3.8, 4) is 0 Å². The van der Waals surface area contributed by atoms with E-state index in [-0.39, 0.29) is 12.2 Å². The molecule has 0 aromatic carbocycles. The van der Waals surface area contributed by atoms with Crippen LogP contribution in [0.15, 0.2) is 23.4 Å². The summed E-state index contributed by atoms with van der Waals surface area (Å²) in [5, 5.41) is 0.588. The number of carbonyl (C=O) groups excluding carboxylic acids is 1. The molecule has 0 aliphatic heterocycles. The molecule has 0 fully saturated rings. The SMILES string of the molecule is CCOC(=O)c1cc2cncnc2[nH]c1=O. The van der Waals surface area contributed by atoms with Gasteiger partial charge >= 0.3 is 5.97 Å². The summed E-state index contributed by atoms with van der Waals surface area (Å²) in [4.78, 5) is 33.1. The number of aromatic nitrogens is 3. The van der Waals surface area contributed by atoms with Crippen molar-refractivity contribution >= 4 is 17.0 Å². The molecule has 2 aromatic rings. The standard InChI is InChI=1S/C10H9N3O3/c1-2-16-10(15)7-3-6-4-11-5-12-8(6)13-9(7)14/h3-5H,2H2,1H3,(H,11,12,13,14). The third kappa shape index (κ3) is 1.77. The highest BCUT2D eigenvalue weighted by Crippen LogP contribution is 2.06. The molecule has 0 saturated carbocycles. The Hall–Kier alpha value is -2.24. The van der Waals surface area contributed by atoms with Crippen molar-refractivity contribution < 1.29 is 9.53 Å². The van der Waals surface area contributed by atoms with E-state index in [0.29, 0.717) is 11.0 Å². The Morgan fingerprint density at radius 3 is 3.12 bits per heavy atom. The minimum absolute atomic E-state index is 0.0378. The molecule has 0 amide bonds. The van der Waals surface area contributed by atoms with Gasteiger partial charge in [-0.1, -0.05) is 0 Å². The fourth-order valence-electron chi connectivity index (χ4n) is 1.31. The number of H-pyrrole nitrogens is 1. The van der Waals surface area contributed by atoms with Crippen molar-refractivity contribution in [1.29, 1.82) is 0 Å². The average molecular weight is 219 g/mol. The lowest BCUT2D eigenvalue weighted by molar-refractivity contribution is 0.0524. The number of hydrogen-bond acceptors (Lipinski definition) is 5. The van der Waals surface area contributed by atoms with Crippen LogP contribution < -0.4 is 5.56 Å². The first kappa shape index (κ1) is 10.3. The molecule has 82 valence electrons. The van der Waals surface area contributed by atoms with Crippen molar-refractivity contribution in [3.63, 3.8) is 0 Å². The summed E-state index contributed by atoms with van der Waals surface area (Å²) in [5.41, 5.74) is -0.151. The third-order valence-corrected chi connectivity index (χ3v) is 2.01. The summed E-state index contributed by atoms with van der Waals surface area (Å²) in [6.07, 6.45) is 2.84. The van der Waals surface area contributed by atoms with Crippen molar-refractivity contribution in [2.24, 2.45) is 0 Å². The molecule has 0 atom stereocenters. The van der Waals surface area contributed by atoms with Gasteiger partial charge < -0.3 is 9.72 Å². The lowest BCUT2D eigenvalue weighted by Crippen LogP contribution is -2.19. The molecule has 0 aliphatic carbocycles. The number of pyridine rings is 1. The number of rotatable bonds is 2. The number of esters is 1. The van der Waals surface area contributed by atoms with Gasteiger partial charge in [-0.15, -0.1) is 0 Å². The van der Waals surface area contributed by atoms with Crippen LogP contribution in [0.4, 0.5) is 0 Å². The summed E-state index contributed by atoms with van der Waals surface area (Å²) in [6.45, 7) is 1.90. The van der Waals surface area contributed by atoms with Crippen molar-refractivity contribution in [1.82, 2.24) is 15.0 Å². The van der Waals surface area contributed by atoms with E-state index in [1.165, 1.54) is 18.6 Å². The van der Waals surface area contributed by atoms with Gasteiger partial charge in [-0.2, -0.15) is 0 Å². The van der Waals surface area contributed by atoms with Crippen molar-refractivity contribution in [3.05, 3.63) is 34.5 Å². The number of nitrogens with one attached hydrogen (secondary N) is 1. The highest BCUT2D eigenvalue weighted by atomic mass is 16.5. The molecular formula is C10H9N3O3. The van der Waals surface area contributed by atoms with Gasteiger partial charge in [0.05, 0.1) is 6.61 Å². The first-order valence-electron chi connectivity index (χ1n) is 4.72. The Kier molecular flexibility index (Phi) is 2.63. The van der Waals surface area contributed by atoms with Gasteiger partial charge in [0.2, 0.25) is 0 Å². The number of ether oxygens (including phenoxy) is 1. The smallest absolute Gasteiger partial charge is 0.343 e.